The lowest BCUT2D eigenvalue weighted by Gasteiger charge is -2.24. The third-order valence-corrected chi connectivity index (χ3v) is 6.80. The SMILES string of the molecule is O=S(=O)(c1cc(Cl)sc1Cl)N(CCO)CC1CCCN1. The van der Waals surface area contributed by atoms with E-state index in [9.17, 15) is 8.42 Å². The fourth-order valence-corrected chi connectivity index (χ4v) is 5.81. The van der Waals surface area contributed by atoms with Crippen LogP contribution in [-0.2, 0) is 10.0 Å². The standard InChI is InChI=1S/C11H16Cl2N2O3S2/c12-10-6-9(11(13)19-10)20(17,18)15(4-5-16)7-8-2-1-3-14-8/h6,8,14,16H,1-5,7H2. The van der Waals surface area contributed by atoms with Gasteiger partial charge in [-0.3, -0.25) is 0 Å². The van der Waals surface area contributed by atoms with E-state index in [1.165, 1.54) is 10.4 Å². The molecule has 0 amide bonds. The van der Waals surface area contributed by atoms with Crippen LogP contribution in [0, 0.1) is 0 Å². The lowest BCUT2D eigenvalue weighted by atomic mass is 10.2. The maximum absolute atomic E-state index is 12.6. The Morgan fingerprint density at radius 2 is 2.25 bits per heavy atom. The minimum absolute atomic E-state index is 0.0145. The lowest BCUT2D eigenvalue weighted by molar-refractivity contribution is 0.246. The van der Waals surface area contributed by atoms with Crippen LogP contribution in [0.15, 0.2) is 11.0 Å². The van der Waals surface area contributed by atoms with Crippen LogP contribution in [0.4, 0.5) is 0 Å². The molecule has 9 heteroatoms. The molecule has 0 spiro atoms. The van der Waals surface area contributed by atoms with E-state index in [1.807, 2.05) is 0 Å². The van der Waals surface area contributed by atoms with Crippen molar-refractivity contribution in [2.45, 2.75) is 23.8 Å². The molecule has 2 heterocycles. The van der Waals surface area contributed by atoms with Gasteiger partial charge in [0.25, 0.3) is 0 Å². The second-order valence-electron chi connectivity index (χ2n) is 4.57. The average molecular weight is 359 g/mol. The van der Waals surface area contributed by atoms with Crippen molar-refractivity contribution in [3.63, 3.8) is 0 Å². The fraction of sp³-hybridized carbons (Fsp3) is 0.636. The van der Waals surface area contributed by atoms with Crippen molar-refractivity contribution in [2.24, 2.45) is 0 Å². The number of aliphatic hydroxyl groups is 1. The first-order valence-corrected chi connectivity index (χ1v) is 9.25. The van der Waals surface area contributed by atoms with Crippen molar-refractivity contribution >= 4 is 44.6 Å². The van der Waals surface area contributed by atoms with Crippen molar-refractivity contribution in [3.05, 3.63) is 14.7 Å². The molecule has 1 fully saturated rings. The first-order valence-electron chi connectivity index (χ1n) is 6.24. The Morgan fingerprint density at radius 3 is 2.75 bits per heavy atom. The smallest absolute Gasteiger partial charge is 0.245 e. The lowest BCUT2D eigenvalue weighted by Crippen LogP contribution is -2.42. The molecule has 0 radical (unpaired) electrons. The van der Waals surface area contributed by atoms with Crippen LogP contribution in [0.2, 0.25) is 8.67 Å². The topological polar surface area (TPSA) is 69.6 Å². The van der Waals surface area contributed by atoms with Crippen molar-refractivity contribution in [1.82, 2.24) is 9.62 Å². The largest absolute Gasteiger partial charge is 0.395 e. The molecule has 1 aromatic rings. The molecule has 1 saturated heterocycles. The summed E-state index contributed by atoms with van der Waals surface area (Å²) in [5.41, 5.74) is 0. The van der Waals surface area contributed by atoms with Gasteiger partial charge in [-0.25, -0.2) is 8.42 Å². The van der Waals surface area contributed by atoms with Crippen molar-refractivity contribution < 1.29 is 13.5 Å². The van der Waals surface area contributed by atoms with Gasteiger partial charge in [0.15, 0.2) is 0 Å². The Morgan fingerprint density at radius 1 is 1.50 bits per heavy atom. The Hall–Kier alpha value is 0.110. The number of nitrogens with zero attached hydrogens (tertiary/aromatic N) is 1. The molecule has 0 aliphatic carbocycles. The van der Waals surface area contributed by atoms with Crippen LogP contribution < -0.4 is 5.32 Å². The number of rotatable bonds is 6. The van der Waals surface area contributed by atoms with Gasteiger partial charge in [-0.1, -0.05) is 23.2 Å². The van der Waals surface area contributed by atoms with Crippen molar-refractivity contribution in [2.75, 3.05) is 26.2 Å². The number of hydrogen-bond donors (Lipinski definition) is 2. The van der Waals surface area contributed by atoms with Crippen molar-refractivity contribution in [3.8, 4) is 0 Å². The molecular weight excluding hydrogens is 343 g/mol. The second kappa shape index (κ2) is 6.91. The number of thiophene rings is 1. The highest BCUT2D eigenvalue weighted by molar-refractivity contribution is 7.89. The fourth-order valence-electron chi connectivity index (χ4n) is 2.22. The van der Waals surface area contributed by atoms with Crippen LogP contribution in [0.3, 0.4) is 0 Å². The first kappa shape index (κ1) is 16.5. The predicted molar refractivity (Wildman–Crippen MR) is 81.2 cm³/mol. The zero-order valence-electron chi connectivity index (χ0n) is 10.7. The molecule has 1 unspecified atom stereocenters. The molecule has 114 valence electrons. The first-order chi connectivity index (χ1) is 9.45. The zero-order valence-corrected chi connectivity index (χ0v) is 13.8. The van der Waals surface area contributed by atoms with E-state index in [2.05, 4.69) is 5.32 Å². The normalized spacial score (nSPS) is 19.9. The van der Waals surface area contributed by atoms with Gasteiger partial charge < -0.3 is 10.4 Å². The summed E-state index contributed by atoms with van der Waals surface area (Å²) in [5.74, 6) is 0. The molecule has 20 heavy (non-hydrogen) atoms. The molecule has 1 aliphatic rings. The van der Waals surface area contributed by atoms with Gasteiger partial charge in [-0.2, -0.15) is 4.31 Å². The van der Waals surface area contributed by atoms with Gasteiger partial charge in [0.1, 0.15) is 9.23 Å². The molecule has 5 nitrogen and oxygen atoms in total. The van der Waals surface area contributed by atoms with Crippen molar-refractivity contribution in [1.29, 1.82) is 0 Å². The maximum Gasteiger partial charge on any atom is 0.245 e. The molecule has 0 saturated carbocycles. The summed E-state index contributed by atoms with van der Waals surface area (Å²) in [7, 11) is -3.73. The highest BCUT2D eigenvalue weighted by Crippen LogP contribution is 2.35. The van der Waals surface area contributed by atoms with Crippen LogP contribution in [0.5, 0.6) is 0 Å². The third kappa shape index (κ3) is 3.65. The van der Waals surface area contributed by atoms with Gasteiger partial charge in [0, 0.05) is 19.1 Å². The monoisotopic (exact) mass is 358 g/mol. The van der Waals surface area contributed by atoms with Gasteiger partial charge in [-0.15, -0.1) is 11.3 Å². The number of nitrogens with one attached hydrogen (secondary N) is 1. The summed E-state index contributed by atoms with van der Waals surface area (Å²) >= 11 is 12.8. The molecule has 0 aromatic carbocycles. The van der Waals surface area contributed by atoms with E-state index < -0.39 is 10.0 Å². The molecular formula is C11H16Cl2N2O3S2. The molecule has 0 bridgehead atoms. The Balaban J connectivity index is 2.24. The molecule has 1 atom stereocenters. The molecule has 2 rings (SSSR count). The highest BCUT2D eigenvalue weighted by Gasteiger charge is 2.30. The predicted octanol–water partition coefficient (Wildman–Crippen LogP) is 1.79. The molecule has 2 N–H and O–H groups in total. The third-order valence-electron chi connectivity index (χ3n) is 3.18. The minimum Gasteiger partial charge on any atom is -0.395 e. The zero-order chi connectivity index (χ0) is 14.8. The maximum atomic E-state index is 12.6. The summed E-state index contributed by atoms with van der Waals surface area (Å²) in [6, 6.07) is 1.47. The molecule has 1 aliphatic heterocycles. The van der Waals surface area contributed by atoms with Gasteiger partial charge in [0.2, 0.25) is 10.0 Å². The number of sulfonamides is 1. The summed E-state index contributed by atoms with van der Waals surface area (Å²) in [4.78, 5) is 0.0145. The Kier molecular flexibility index (Phi) is 5.70. The average Bonchev–Trinajstić information content (AvgIpc) is 2.98. The Labute approximate surface area is 132 Å². The summed E-state index contributed by atoms with van der Waals surface area (Å²) in [5, 5.41) is 12.4. The number of halogens is 2. The summed E-state index contributed by atoms with van der Waals surface area (Å²) < 4.78 is 26.9. The van der Waals surface area contributed by atoms with Gasteiger partial charge in [0.05, 0.1) is 10.9 Å². The van der Waals surface area contributed by atoms with E-state index in [-0.39, 0.29) is 28.4 Å². The Bertz CT molecular complexity index is 556. The quantitative estimate of drug-likeness (QED) is 0.813. The van der Waals surface area contributed by atoms with E-state index in [4.69, 9.17) is 28.3 Å². The van der Waals surface area contributed by atoms with E-state index in [0.29, 0.717) is 10.9 Å². The van der Waals surface area contributed by atoms with E-state index in [1.54, 1.807) is 0 Å². The number of hydrogen-bond acceptors (Lipinski definition) is 5. The van der Waals surface area contributed by atoms with E-state index >= 15 is 0 Å². The highest BCUT2D eigenvalue weighted by atomic mass is 35.5. The second-order valence-corrected chi connectivity index (χ2v) is 8.76. The molecule has 1 aromatic heterocycles. The van der Waals surface area contributed by atoms with E-state index in [0.717, 1.165) is 30.7 Å². The minimum atomic E-state index is -3.73. The van der Waals surface area contributed by atoms with Gasteiger partial charge in [-0.05, 0) is 25.5 Å². The summed E-state index contributed by atoms with van der Waals surface area (Å²) in [6.07, 6.45) is 1.96. The van der Waals surface area contributed by atoms with Gasteiger partial charge >= 0.3 is 0 Å². The van der Waals surface area contributed by atoms with Crippen LogP contribution in [-0.4, -0.2) is 50.1 Å². The summed E-state index contributed by atoms with van der Waals surface area (Å²) in [6.45, 7) is 1.03. The van der Waals surface area contributed by atoms with Crippen LogP contribution in [0.1, 0.15) is 12.8 Å². The van der Waals surface area contributed by atoms with Crippen LogP contribution in [0.25, 0.3) is 0 Å². The number of aliphatic hydroxyl groups excluding tert-OH is 1. The van der Waals surface area contributed by atoms with Crippen LogP contribution >= 0.6 is 34.5 Å².